The molecule has 0 radical (unpaired) electrons. The average molecular weight is 483 g/mol. The second-order valence-corrected chi connectivity index (χ2v) is 10.8. The molecule has 4 rings (SSSR count). The van der Waals surface area contributed by atoms with E-state index in [0.717, 1.165) is 33.9 Å². The molecule has 1 unspecified atom stereocenters. The first-order chi connectivity index (χ1) is 15.8. The number of aromatic nitrogens is 2. The molecule has 174 valence electrons. The van der Waals surface area contributed by atoms with E-state index in [4.69, 9.17) is 0 Å². The highest BCUT2D eigenvalue weighted by molar-refractivity contribution is 7.13. The summed E-state index contributed by atoms with van der Waals surface area (Å²) in [5.41, 5.74) is 5.87. The Bertz CT molecular complexity index is 1120. The Kier molecular flexibility index (Phi) is 7.24. The summed E-state index contributed by atoms with van der Waals surface area (Å²) < 4.78 is 0. The minimum Gasteiger partial charge on any atom is -0.350 e. The van der Waals surface area contributed by atoms with Gasteiger partial charge in [-0.1, -0.05) is 38.1 Å². The van der Waals surface area contributed by atoms with Gasteiger partial charge in [-0.2, -0.15) is 0 Å². The Hall–Kier alpha value is -2.58. The van der Waals surface area contributed by atoms with Gasteiger partial charge in [0.05, 0.1) is 32.7 Å². The van der Waals surface area contributed by atoms with E-state index in [9.17, 15) is 9.59 Å². The number of hydrogen-bond acceptors (Lipinski definition) is 6. The summed E-state index contributed by atoms with van der Waals surface area (Å²) >= 11 is 3.19. The highest BCUT2D eigenvalue weighted by Gasteiger charge is 2.39. The van der Waals surface area contributed by atoms with Crippen LogP contribution in [0.2, 0.25) is 0 Å². The number of hydrogen-bond donors (Lipinski definition) is 1. The molecule has 8 heteroatoms. The van der Waals surface area contributed by atoms with E-state index < -0.39 is 6.04 Å². The summed E-state index contributed by atoms with van der Waals surface area (Å²) in [5.74, 6) is -0.271. The predicted octanol–water partition coefficient (Wildman–Crippen LogP) is 4.93. The van der Waals surface area contributed by atoms with Crippen molar-refractivity contribution in [3.63, 3.8) is 0 Å². The largest absolute Gasteiger partial charge is 0.350 e. The first kappa shape index (κ1) is 23.6. The van der Waals surface area contributed by atoms with Crippen molar-refractivity contribution >= 4 is 34.5 Å². The molecule has 1 fully saturated rings. The maximum absolute atomic E-state index is 13.5. The first-order valence-electron chi connectivity index (χ1n) is 11.3. The topological polar surface area (TPSA) is 75.2 Å². The van der Waals surface area contributed by atoms with Gasteiger partial charge in [-0.25, -0.2) is 9.97 Å². The molecule has 0 bridgehead atoms. The van der Waals surface area contributed by atoms with Crippen LogP contribution in [0, 0.1) is 19.8 Å². The van der Waals surface area contributed by atoms with Gasteiger partial charge in [0.15, 0.2) is 0 Å². The number of likely N-dealkylation sites (tertiary alicyclic amines) is 1. The maximum atomic E-state index is 13.5. The first-order valence-corrected chi connectivity index (χ1v) is 13.1. The number of amides is 2. The van der Waals surface area contributed by atoms with Crippen LogP contribution in [0.5, 0.6) is 0 Å². The Labute approximate surface area is 203 Å². The number of carbonyl (C=O) groups is 2. The number of carbonyl (C=O) groups excluding carboxylic acids is 2. The quantitative estimate of drug-likeness (QED) is 0.518. The van der Waals surface area contributed by atoms with Crippen LogP contribution in [0.3, 0.4) is 0 Å². The summed E-state index contributed by atoms with van der Waals surface area (Å²) in [6.07, 6.45) is 1.54. The molecule has 1 aliphatic rings. The Morgan fingerprint density at radius 1 is 1.18 bits per heavy atom. The molecule has 2 aromatic heterocycles. The van der Waals surface area contributed by atoms with Gasteiger partial charge < -0.3 is 10.2 Å². The van der Waals surface area contributed by atoms with Crippen molar-refractivity contribution in [2.45, 2.75) is 59.0 Å². The van der Waals surface area contributed by atoms with Gasteiger partial charge in [0.1, 0.15) is 6.04 Å². The molecule has 3 aromatic rings. The monoisotopic (exact) mass is 482 g/mol. The van der Waals surface area contributed by atoms with Gasteiger partial charge in [-0.15, -0.1) is 22.7 Å². The number of nitrogens with zero attached hydrogens (tertiary/aromatic N) is 3. The molecule has 2 amide bonds. The zero-order valence-electron chi connectivity index (χ0n) is 19.5. The molecule has 6 nitrogen and oxygen atoms in total. The van der Waals surface area contributed by atoms with Crippen molar-refractivity contribution in [1.29, 1.82) is 0 Å². The van der Waals surface area contributed by atoms with Crippen LogP contribution >= 0.6 is 22.7 Å². The number of thiazole rings is 2. The molecule has 3 heterocycles. The van der Waals surface area contributed by atoms with Crippen molar-refractivity contribution < 1.29 is 9.59 Å². The highest BCUT2D eigenvalue weighted by Crippen LogP contribution is 2.31. The molecule has 1 saturated heterocycles. The maximum Gasteiger partial charge on any atom is 0.243 e. The number of rotatable bonds is 7. The van der Waals surface area contributed by atoms with E-state index in [1.165, 1.54) is 4.88 Å². The normalized spacial score (nSPS) is 16.9. The number of nitrogens with one attached hydrogen (secondary N) is 1. The van der Waals surface area contributed by atoms with Gasteiger partial charge in [0.2, 0.25) is 11.8 Å². The van der Waals surface area contributed by atoms with Crippen LogP contribution in [0.1, 0.15) is 54.6 Å². The van der Waals surface area contributed by atoms with Crippen molar-refractivity contribution in [3.05, 3.63) is 57.1 Å². The van der Waals surface area contributed by atoms with E-state index >= 15 is 0 Å². The van der Waals surface area contributed by atoms with Gasteiger partial charge in [-0.05, 0) is 43.7 Å². The standard InChI is InChI=1S/C25H30N4O2S2/c1-15(2)22(20-13-32-17(4)28-20)25(31)29-11-5-6-21(29)24(30)26-12-18-7-9-19(10-8-18)23-16(3)27-14-33-23/h7-10,13-15,21-22H,5-6,11-12H2,1-4H3,(H,26,30)/t21-,22?/m0/s1. The van der Waals surface area contributed by atoms with E-state index in [1.54, 1.807) is 27.6 Å². The minimum absolute atomic E-state index is 0.0113. The lowest BCUT2D eigenvalue weighted by atomic mass is 9.91. The summed E-state index contributed by atoms with van der Waals surface area (Å²) in [7, 11) is 0. The van der Waals surface area contributed by atoms with Crippen LogP contribution in [0.4, 0.5) is 0 Å². The minimum atomic E-state index is -0.419. The third-order valence-corrected chi connectivity index (χ3v) is 7.92. The van der Waals surface area contributed by atoms with Crippen molar-refractivity contribution in [1.82, 2.24) is 20.2 Å². The van der Waals surface area contributed by atoms with Gasteiger partial charge in [0.25, 0.3) is 0 Å². The molecular weight excluding hydrogens is 452 g/mol. The molecule has 33 heavy (non-hydrogen) atoms. The lowest BCUT2D eigenvalue weighted by Gasteiger charge is -2.29. The van der Waals surface area contributed by atoms with E-state index in [2.05, 4.69) is 27.4 Å². The fourth-order valence-electron chi connectivity index (χ4n) is 4.42. The SMILES string of the molecule is Cc1nc(C(C(=O)N2CCC[C@H]2C(=O)NCc2ccc(-c3scnc3C)cc2)C(C)C)cs1. The summed E-state index contributed by atoms with van der Waals surface area (Å²) in [6, 6.07) is 7.78. The second kappa shape index (κ2) is 10.1. The smallest absolute Gasteiger partial charge is 0.243 e. The predicted molar refractivity (Wildman–Crippen MR) is 133 cm³/mol. The Morgan fingerprint density at radius 3 is 2.55 bits per heavy atom. The molecule has 0 aliphatic carbocycles. The molecule has 0 saturated carbocycles. The van der Waals surface area contributed by atoms with E-state index in [-0.39, 0.29) is 23.7 Å². The Balaban J connectivity index is 1.40. The average Bonchev–Trinajstić information content (AvgIpc) is 3.53. The fraction of sp³-hybridized carbons (Fsp3) is 0.440. The van der Waals surface area contributed by atoms with Crippen LogP contribution < -0.4 is 5.32 Å². The van der Waals surface area contributed by atoms with Crippen molar-refractivity contribution in [2.24, 2.45) is 5.92 Å². The highest BCUT2D eigenvalue weighted by atomic mass is 32.1. The molecule has 2 atom stereocenters. The van der Waals surface area contributed by atoms with E-state index in [0.29, 0.717) is 19.5 Å². The van der Waals surface area contributed by atoms with Crippen molar-refractivity contribution in [3.8, 4) is 10.4 Å². The zero-order valence-corrected chi connectivity index (χ0v) is 21.1. The fourth-order valence-corrected chi connectivity index (χ4v) is 5.88. The molecule has 1 aliphatic heterocycles. The van der Waals surface area contributed by atoms with Crippen LogP contribution in [-0.2, 0) is 16.1 Å². The summed E-state index contributed by atoms with van der Waals surface area (Å²) in [4.78, 5) is 38.3. The third kappa shape index (κ3) is 5.17. The van der Waals surface area contributed by atoms with Crippen LogP contribution in [0.25, 0.3) is 10.4 Å². The molecule has 1 N–H and O–H groups in total. The molecular formula is C25H30N4O2S2. The second-order valence-electron chi connectivity index (χ2n) is 8.88. The van der Waals surface area contributed by atoms with Gasteiger partial charge in [-0.3, -0.25) is 9.59 Å². The number of aryl methyl sites for hydroxylation is 2. The van der Waals surface area contributed by atoms with Crippen LogP contribution in [0.15, 0.2) is 35.2 Å². The van der Waals surface area contributed by atoms with Gasteiger partial charge >= 0.3 is 0 Å². The third-order valence-electron chi connectivity index (χ3n) is 6.16. The van der Waals surface area contributed by atoms with Gasteiger partial charge in [0, 0.05) is 18.5 Å². The molecule has 1 aromatic carbocycles. The lowest BCUT2D eigenvalue weighted by molar-refractivity contribution is -0.140. The lowest BCUT2D eigenvalue weighted by Crippen LogP contribution is -2.48. The van der Waals surface area contributed by atoms with E-state index in [1.807, 2.05) is 50.7 Å². The molecule has 0 spiro atoms. The van der Waals surface area contributed by atoms with Crippen LogP contribution in [-0.4, -0.2) is 39.3 Å². The summed E-state index contributed by atoms with van der Waals surface area (Å²) in [6.45, 7) is 9.10. The van der Waals surface area contributed by atoms with Crippen molar-refractivity contribution in [2.75, 3.05) is 6.54 Å². The number of benzene rings is 1. The zero-order chi connectivity index (χ0) is 23.5. The Morgan fingerprint density at radius 2 is 1.94 bits per heavy atom. The summed E-state index contributed by atoms with van der Waals surface area (Å²) in [5, 5.41) is 5.97.